The molecule has 0 fully saturated rings. The minimum absolute atomic E-state index is 1.13. The molecule has 0 bridgehead atoms. The number of fused-ring (bicyclic) bond motifs is 5. The zero-order valence-corrected chi connectivity index (χ0v) is 25.2. The van der Waals surface area contributed by atoms with Crippen LogP contribution in [0, 0.1) is 0 Å². The molecular formula is C44H30N2. The van der Waals surface area contributed by atoms with Crippen molar-refractivity contribution in [3.05, 3.63) is 182 Å². The first-order valence-corrected chi connectivity index (χ1v) is 15.8. The highest BCUT2D eigenvalue weighted by Gasteiger charge is 2.17. The van der Waals surface area contributed by atoms with Gasteiger partial charge in [-0.2, -0.15) is 0 Å². The van der Waals surface area contributed by atoms with E-state index < -0.39 is 0 Å². The Morgan fingerprint density at radius 1 is 0.348 bits per heavy atom. The van der Waals surface area contributed by atoms with E-state index in [9.17, 15) is 0 Å². The van der Waals surface area contributed by atoms with E-state index in [0.717, 1.165) is 22.7 Å². The highest BCUT2D eigenvalue weighted by Crippen LogP contribution is 2.41. The second kappa shape index (κ2) is 10.8. The van der Waals surface area contributed by atoms with E-state index >= 15 is 0 Å². The summed E-state index contributed by atoms with van der Waals surface area (Å²) in [5, 5.41) is 7.55. The zero-order chi connectivity index (χ0) is 30.5. The van der Waals surface area contributed by atoms with Crippen LogP contribution in [0.4, 0.5) is 17.1 Å². The van der Waals surface area contributed by atoms with Crippen LogP contribution in [0.25, 0.3) is 60.2 Å². The molecule has 2 heteroatoms. The third-order valence-corrected chi connectivity index (χ3v) is 9.13. The molecule has 0 unspecified atom stereocenters. The Balaban J connectivity index is 1.21. The van der Waals surface area contributed by atoms with Gasteiger partial charge >= 0.3 is 0 Å². The molecule has 0 atom stereocenters. The maximum absolute atomic E-state index is 2.40. The number of aromatic nitrogens is 1. The predicted octanol–water partition coefficient (Wildman–Crippen LogP) is 12.2. The normalized spacial score (nSPS) is 11.5. The maximum atomic E-state index is 2.40. The molecule has 0 aliphatic heterocycles. The van der Waals surface area contributed by atoms with E-state index in [0.29, 0.717) is 0 Å². The van der Waals surface area contributed by atoms with Gasteiger partial charge in [-0.15, -0.1) is 0 Å². The number of benzene rings is 8. The molecule has 0 saturated carbocycles. The summed E-state index contributed by atoms with van der Waals surface area (Å²) in [7, 11) is 0. The third kappa shape index (κ3) is 4.27. The molecular weight excluding hydrogens is 556 g/mol. The van der Waals surface area contributed by atoms with Gasteiger partial charge in [-0.25, -0.2) is 0 Å². The fourth-order valence-electron chi connectivity index (χ4n) is 7.08. The molecule has 46 heavy (non-hydrogen) atoms. The molecule has 2 nitrogen and oxygen atoms in total. The Morgan fingerprint density at radius 3 is 1.50 bits per heavy atom. The van der Waals surface area contributed by atoms with E-state index in [-0.39, 0.29) is 0 Å². The minimum atomic E-state index is 1.13. The summed E-state index contributed by atoms with van der Waals surface area (Å²) in [5.41, 5.74) is 9.44. The molecule has 216 valence electrons. The van der Waals surface area contributed by atoms with Crippen LogP contribution in [0.1, 0.15) is 0 Å². The molecule has 0 radical (unpaired) electrons. The quantitative estimate of drug-likeness (QED) is 0.182. The summed E-state index contributed by atoms with van der Waals surface area (Å²) in [6.07, 6.45) is 0. The molecule has 0 saturated heterocycles. The smallest absolute Gasteiger partial charge is 0.0542 e. The summed E-state index contributed by atoms with van der Waals surface area (Å²) in [4.78, 5) is 2.33. The molecule has 8 aromatic carbocycles. The molecule has 0 amide bonds. The highest BCUT2D eigenvalue weighted by molar-refractivity contribution is 6.13. The Labute approximate surface area is 268 Å². The van der Waals surface area contributed by atoms with Crippen molar-refractivity contribution in [2.75, 3.05) is 4.90 Å². The van der Waals surface area contributed by atoms with Crippen LogP contribution in [0.15, 0.2) is 182 Å². The number of hydrogen-bond donors (Lipinski definition) is 0. The van der Waals surface area contributed by atoms with Gasteiger partial charge in [0.1, 0.15) is 0 Å². The van der Waals surface area contributed by atoms with E-state index in [1.807, 2.05) is 0 Å². The molecule has 1 aromatic heterocycles. The van der Waals surface area contributed by atoms with Crippen molar-refractivity contribution in [1.29, 1.82) is 0 Å². The average Bonchev–Trinajstić information content (AvgIpc) is 3.45. The Bertz CT molecular complexity index is 2420. The monoisotopic (exact) mass is 586 g/mol. The first-order valence-electron chi connectivity index (χ1n) is 15.8. The molecule has 1 heterocycles. The molecule has 9 aromatic rings. The van der Waals surface area contributed by atoms with Crippen molar-refractivity contribution in [3.8, 4) is 16.8 Å². The minimum Gasteiger partial charge on any atom is -0.310 e. The van der Waals surface area contributed by atoms with Crippen LogP contribution in [0.5, 0.6) is 0 Å². The second-order valence-corrected chi connectivity index (χ2v) is 11.8. The van der Waals surface area contributed by atoms with Gasteiger partial charge in [-0.1, -0.05) is 115 Å². The lowest BCUT2D eigenvalue weighted by atomic mass is 9.92. The molecule has 9 rings (SSSR count). The SMILES string of the molecule is c1ccc(N(c2ccccc2)c2ccc3c(c2)c2ccccc2n3-c2ccc(-c3c4ccccc4cc4ccccc34)cc2)cc1. The molecule has 0 N–H and O–H groups in total. The summed E-state index contributed by atoms with van der Waals surface area (Å²) in [6, 6.07) is 65.6. The van der Waals surface area contributed by atoms with Crippen LogP contribution in [-0.2, 0) is 0 Å². The van der Waals surface area contributed by atoms with Crippen molar-refractivity contribution >= 4 is 60.4 Å². The van der Waals surface area contributed by atoms with Crippen LogP contribution in [-0.4, -0.2) is 4.57 Å². The van der Waals surface area contributed by atoms with Crippen molar-refractivity contribution < 1.29 is 0 Å². The van der Waals surface area contributed by atoms with Crippen molar-refractivity contribution in [3.63, 3.8) is 0 Å². The van der Waals surface area contributed by atoms with E-state index in [1.54, 1.807) is 0 Å². The van der Waals surface area contributed by atoms with Gasteiger partial charge in [0.05, 0.1) is 11.0 Å². The lowest BCUT2D eigenvalue weighted by Gasteiger charge is -2.25. The predicted molar refractivity (Wildman–Crippen MR) is 196 cm³/mol. The lowest BCUT2D eigenvalue weighted by molar-refractivity contribution is 1.18. The van der Waals surface area contributed by atoms with Gasteiger partial charge in [-0.05, 0) is 99.4 Å². The number of hydrogen-bond acceptors (Lipinski definition) is 1. The first kappa shape index (κ1) is 26.3. The van der Waals surface area contributed by atoms with Crippen LogP contribution < -0.4 is 4.90 Å². The number of anilines is 3. The number of para-hydroxylation sites is 3. The number of nitrogens with zero attached hydrogens (tertiary/aromatic N) is 2. The van der Waals surface area contributed by atoms with Gasteiger partial charge < -0.3 is 9.47 Å². The van der Waals surface area contributed by atoms with E-state index in [2.05, 4.69) is 191 Å². The fraction of sp³-hybridized carbons (Fsp3) is 0. The fourth-order valence-corrected chi connectivity index (χ4v) is 7.08. The Morgan fingerprint density at radius 2 is 0.870 bits per heavy atom. The lowest BCUT2D eigenvalue weighted by Crippen LogP contribution is -2.09. The van der Waals surface area contributed by atoms with Crippen molar-refractivity contribution in [2.24, 2.45) is 0 Å². The van der Waals surface area contributed by atoms with Gasteiger partial charge in [0, 0.05) is 33.5 Å². The first-order chi connectivity index (χ1) is 22.8. The largest absolute Gasteiger partial charge is 0.310 e. The topological polar surface area (TPSA) is 8.17 Å². The summed E-state index contributed by atoms with van der Waals surface area (Å²) in [5.74, 6) is 0. The Hall–Kier alpha value is -6.12. The van der Waals surface area contributed by atoms with Crippen molar-refractivity contribution in [1.82, 2.24) is 4.57 Å². The average molecular weight is 587 g/mol. The van der Waals surface area contributed by atoms with Gasteiger partial charge in [-0.3, -0.25) is 0 Å². The maximum Gasteiger partial charge on any atom is 0.0542 e. The third-order valence-electron chi connectivity index (χ3n) is 9.13. The molecule has 0 spiro atoms. The highest BCUT2D eigenvalue weighted by atomic mass is 15.1. The zero-order valence-electron chi connectivity index (χ0n) is 25.2. The van der Waals surface area contributed by atoms with Crippen molar-refractivity contribution in [2.45, 2.75) is 0 Å². The molecule has 0 aliphatic carbocycles. The van der Waals surface area contributed by atoms with Gasteiger partial charge in [0.25, 0.3) is 0 Å². The number of rotatable bonds is 5. The summed E-state index contributed by atoms with van der Waals surface area (Å²) >= 11 is 0. The Kier molecular flexibility index (Phi) is 6.17. The second-order valence-electron chi connectivity index (χ2n) is 11.8. The van der Waals surface area contributed by atoms with E-state index in [1.165, 1.54) is 54.5 Å². The summed E-state index contributed by atoms with van der Waals surface area (Å²) in [6.45, 7) is 0. The van der Waals surface area contributed by atoms with E-state index in [4.69, 9.17) is 0 Å². The van der Waals surface area contributed by atoms with Gasteiger partial charge in [0.15, 0.2) is 0 Å². The van der Waals surface area contributed by atoms with Crippen LogP contribution >= 0.6 is 0 Å². The van der Waals surface area contributed by atoms with Crippen LogP contribution in [0.2, 0.25) is 0 Å². The molecule has 0 aliphatic rings. The standard InChI is InChI=1S/C44H30N2/c1-3-15-34(16-4-1)45(35-17-5-2-6-18-35)37-27-28-43-41(30-37)40-21-11-12-22-42(40)46(43)36-25-23-31(24-26-36)44-38-19-9-7-13-32(38)29-33-14-8-10-20-39(33)44/h1-30H. The summed E-state index contributed by atoms with van der Waals surface area (Å²) < 4.78 is 2.40. The van der Waals surface area contributed by atoms with Crippen LogP contribution in [0.3, 0.4) is 0 Å². The van der Waals surface area contributed by atoms with Gasteiger partial charge in [0.2, 0.25) is 0 Å².